The first-order valence-corrected chi connectivity index (χ1v) is 13.0. The number of hydrogen-bond donors (Lipinski definition) is 7. The predicted octanol–water partition coefficient (Wildman–Crippen LogP) is 2.33. The van der Waals surface area contributed by atoms with Gasteiger partial charge in [0.25, 0.3) is 11.8 Å². The molecule has 0 spiro atoms. The Hall–Kier alpha value is -4.87. The maximum absolute atomic E-state index is 12.8. The van der Waals surface area contributed by atoms with Crippen LogP contribution >= 0.6 is 11.6 Å². The second-order valence-corrected chi connectivity index (χ2v) is 9.73. The summed E-state index contributed by atoms with van der Waals surface area (Å²) in [5, 5.41) is 27.5. The van der Waals surface area contributed by atoms with E-state index in [4.69, 9.17) is 17.3 Å². The molecule has 0 aliphatic carbocycles. The van der Waals surface area contributed by atoms with Crippen LogP contribution in [0.15, 0.2) is 72.9 Å². The number of carboxylic acid groups (broad SMARTS) is 1. The molecule has 12 heteroatoms. The van der Waals surface area contributed by atoms with Gasteiger partial charge in [-0.05, 0) is 53.9 Å². The number of amides is 3. The number of hydrogen-bond acceptors (Lipinski definition) is 6. The van der Waals surface area contributed by atoms with Crippen molar-refractivity contribution in [3.05, 3.63) is 100 Å². The van der Waals surface area contributed by atoms with Crippen LogP contribution in [0.2, 0.25) is 5.02 Å². The Kier molecular flexibility index (Phi) is 9.23. The van der Waals surface area contributed by atoms with Gasteiger partial charge in [-0.3, -0.25) is 14.4 Å². The number of carbonyl (C=O) groups excluding carboxylic acids is 3. The molecule has 3 aromatic carbocycles. The zero-order chi connectivity index (χ0) is 29.5. The lowest BCUT2D eigenvalue weighted by Gasteiger charge is -2.18. The molecule has 0 fully saturated rings. The summed E-state index contributed by atoms with van der Waals surface area (Å²) in [5.41, 5.74) is 8.62. The van der Waals surface area contributed by atoms with Crippen molar-refractivity contribution in [3.63, 3.8) is 0 Å². The summed E-state index contributed by atoms with van der Waals surface area (Å²) in [6, 6.07) is 15.5. The Bertz CT molecular complexity index is 1600. The molecular weight excluding hydrogens is 550 g/mol. The third-order valence-electron chi connectivity index (χ3n) is 6.37. The Labute approximate surface area is 239 Å². The molecule has 8 N–H and O–H groups in total. The van der Waals surface area contributed by atoms with E-state index in [0.29, 0.717) is 5.56 Å². The van der Waals surface area contributed by atoms with Crippen LogP contribution < -0.4 is 21.7 Å². The number of phenolic OH excluding ortho intramolecular Hbond substituents is 1. The third-order valence-corrected chi connectivity index (χ3v) is 6.69. The number of fused-ring (bicyclic) bond motifs is 1. The lowest BCUT2D eigenvalue weighted by molar-refractivity contribution is -0.139. The van der Waals surface area contributed by atoms with Crippen LogP contribution in [0.1, 0.15) is 31.8 Å². The summed E-state index contributed by atoms with van der Waals surface area (Å²) in [6.45, 7) is -0.251. The minimum atomic E-state index is -1.46. The van der Waals surface area contributed by atoms with Crippen molar-refractivity contribution in [3.8, 4) is 5.75 Å². The minimum Gasteiger partial charge on any atom is -0.508 e. The number of phenols is 1. The third kappa shape index (κ3) is 7.41. The molecule has 0 aliphatic heterocycles. The molecule has 0 saturated heterocycles. The monoisotopic (exact) mass is 577 g/mol. The largest absolute Gasteiger partial charge is 0.508 e. The number of carboxylic acids is 1. The first kappa shape index (κ1) is 29.1. The maximum Gasteiger partial charge on any atom is 0.328 e. The molecule has 11 nitrogen and oxygen atoms in total. The van der Waals surface area contributed by atoms with Crippen molar-refractivity contribution in [1.82, 2.24) is 20.9 Å². The van der Waals surface area contributed by atoms with Crippen LogP contribution in [0.3, 0.4) is 0 Å². The minimum absolute atomic E-state index is 0.0511. The quantitative estimate of drug-likeness (QED) is 0.142. The molecular formula is C29H28ClN5O6. The van der Waals surface area contributed by atoms with Crippen molar-refractivity contribution in [2.24, 2.45) is 5.73 Å². The standard InChI is InChI=1S/C29H28ClN5O6/c30-22-11-17(26(37)33-13-16-4-3-5-19(36)10-16)8-9-21(22)27(38)35-25(29(40)41)15-34-28(39)23(31)12-18-14-32-24-7-2-1-6-20(18)24/h1-11,14,23,25,32,36H,12-13,15,31H2,(H,33,37)(H,34,39)(H,35,38)(H,40,41)/t23-,25+/m1/s1. The number of nitrogens with two attached hydrogens (primary N) is 1. The second kappa shape index (κ2) is 13.0. The molecule has 0 bridgehead atoms. The molecule has 4 aromatic rings. The van der Waals surface area contributed by atoms with Crippen LogP contribution in [-0.4, -0.2) is 57.5 Å². The molecule has 0 radical (unpaired) electrons. The number of para-hydroxylation sites is 1. The van der Waals surface area contributed by atoms with E-state index in [-0.39, 0.29) is 34.9 Å². The van der Waals surface area contributed by atoms with Gasteiger partial charge in [-0.25, -0.2) is 4.79 Å². The fourth-order valence-electron chi connectivity index (χ4n) is 4.19. The number of aromatic nitrogens is 1. The Morgan fingerprint density at radius 3 is 2.46 bits per heavy atom. The molecule has 212 valence electrons. The second-order valence-electron chi connectivity index (χ2n) is 9.33. The molecule has 0 aliphatic rings. The van der Waals surface area contributed by atoms with Gasteiger partial charge in [0.15, 0.2) is 0 Å². The lowest BCUT2D eigenvalue weighted by Crippen LogP contribution is -2.51. The number of benzene rings is 3. The van der Waals surface area contributed by atoms with E-state index < -0.39 is 42.3 Å². The van der Waals surface area contributed by atoms with Gasteiger partial charge >= 0.3 is 5.97 Å². The average molecular weight is 578 g/mol. The Morgan fingerprint density at radius 2 is 1.73 bits per heavy atom. The first-order chi connectivity index (χ1) is 19.6. The molecule has 1 heterocycles. The highest BCUT2D eigenvalue weighted by molar-refractivity contribution is 6.34. The topological polar surface area (TPSA) is 187 Å². The number of rotatable bonds is 11. The van der Waals surface area contributed by atoms with Gasteiger partial charge in [0.2, 0.25) is 5.91 Å². The smallest absolute Gasteiger partial charge is 0.328 e. The molecule has 41 heavy (non-hydrogen) atoms. The molecule has 4 rings (SSSR count). The zero-order valence-corrected chi connectivity index (χ0v) is 22.4. The van der Waals surface area contributed by atoms with Gasteiger partial charge in [0, 0.05) is 35.8 Å². The van der Waals surface area contributed by atoms with Crippen molar-refractivity contribution in [2.45, 2.75) is 25.0 Å². The summed E-state index contributed by atoms with van der Waals surface area (Å²) in [6.07, 6.45) is 2.00. The molecule has 1 aromatic heterocycles. The summed E-state index contributed by atoms with van der Waals surface area (Å²) in [7, 11) is 0. The van der Waals surface area contributed by atoms with Gasteiger partial charge in [0.05, 0.1) is 16.6 Å². The van der Waals surface area contributed by atoms with Crippen molar-refractivity contribution in [1.29, 1.82) is 0 Å². The molecule has 0 saturated carbocycles. The van der Waals surface area contributed by atoms with E-state index in [1.807, 2.05) is 24.3 Å². The number of nitrogens with one attached hydrogen (secondary N) is 4. The molecule has 2 atom stereocenters. The van der Waals surface area contributed by atoms with Crippen LogP contribution in [-0.2, 0) is 22.6 Å². The van der Waals surface area contributed by atoms with Crippen LogP contribution in [0, 0.1) is 0 Å². The number of carbonyl (C=O) groups is 4. The van der Waals surface area contributed by atoms with E-state index >= 15 is 0 Å². The van der Waals surface area contributed by atoms with Gasteiger partial charge in [-0.2, -0.15) is 0 Å². The van der Waals surface area contributed by atoms with Crippen LogP contribution in [0.5, 0.6) is 5.75 Å². The summed E-state index contributed by atoms with van der Waals surface area (Å²) >= 11 is 6.24. The van der Waals surface area contributed by atoms with Crippen molar-refractivity contribution in [2.75, 3.05) is 6.54 Å². The van der Waals surface area contributed by atoms with Gasteiger partial charge < -0.3 is 36.9 Å². The Balaban J connectivity index is 1.32. The highest BCUT2D eigenvalue weighted by Gasteiger charge is 2.25. The van der Waals surface area contributed by atoms with E-state index in [1.54, 1.807) is 18.3 Å². The first-order valence-electron chi connectivity index (χ1n) is 12.6. The Morgan fingerprint density at radius 1 is 0.951 bits per heavy atom. The van der Waals surface area contributed by atoms with Crippen LogP contribution in [0.4, 0.5) is 0 Å². The van der Waals surface area contributed by atoms with Gasteiger partial charge in [-0.1, -0.05) is 41.9 Å². The van der Waals surface area contributed by atoms with Crippen molar-refractivity contribution >= 4 is 46.2 Å². The number of aromatic amines is 1. The summed E-state index contributed by atoms with van der Waals surface area (Å²) in [4.78, 5) is 52.8. The lowest BCUT2D eigenvalue weighted by atomic mass is 10.0. The van der Waals surface area contributed by atoms with E-state index in [9.17, 15) is 29.4 Å². The zero-order valence-electron chi connectivity index (χ0n) is 21.7. The number of aromatic hydroxyl groups is 1. The van der Waals surface area contributed by atoms with E-state index in [1.165, 1.54) is 30.3 Å². The average Bonchev–Trinajstić information content (AvgIpc) is 3.36. The normalized spacial score (nSPS) is 12.3. The highest BCUT2D eigenvalue weighted by Crippen LogP contribution is 2.20. The fraction of sp³-hybridized carbons (Fsp3) is 0.172. The van der Waals surface area contributed by atoms with Gasteiger partial charge in [0.1, 0.15) is 11.8 Å². The van der Waals surface area contributed by atoms with E-state index in [0.717, 1.165) is 16.5 Å². The van der Waals surface area contributed by atoms with Crippen molar-refractivity contribution < 1.29 is 29.4 Å². The summed E-state index contributed by atoms with van der Waals surface area (Å²) < 4.78 is 0. The van der Waals surface area contributed by atoms with E-state index in [2.05, 4.69) is 20.9 Å². The molecule has 0 unspecified atom stereocenters. The van der Waals surface area contributed by atoms with Crippen LogP contribution in [0.25, 0.3) is 10.9 Å². The maximum atomic E-state index is 12.8. The number of halogens is 1. The fourth-order valence-corrected chi connectivity index (χ4v) is 4.46. The summed E-state index contributed by atoms with van der Waals surface area (Å²) in [5.74, 6) is -3.13. The molecule has 3 amide bonds. The predicted molar refractivity (Wildman–Crippen MR) is 153 cm³/mol. The van der Waals surface area contributed by atoms with Gasteiger partial charge in [-0.15, -0.1) is 0 Å². The SMILES string of the molecule is N[C@H](Cc1c[nH]c2ccccc12)C(=O)NC[C@H](NC(=O)c1ccc(C(=O)NCc2cccc(O)c2)cc1Cl)C(=O)O. The number of aliphatic carboxylic acids is 1. The highest BCUT2D eigenvalue weighted by atomic mass is 35.5. The number of H-pyrrole nitrogens is 1.